The molecule has 2 aromatic rings. The van der Waals surface area contributed by atoms with E-state index in [4.69, 9.17) is 23.2 Å². The first-order chi connectivity index (χ1) is 16.6. The third kappa shape index (κ3) is 4.83. The minimum Gasteiger partial charge on any atom is -0.480 e. The normalized spacial score (nSPS) is 21.0. The summed E-state index contributed by atoms with van der Waals surface area (Å²) in [6.45, 7) is 0. The number of aliphatic imine (C=N–C) groups is 1. The second-order valence-electron chi connectivity index (χ2n) is 8.55. The number of carbonyl (C=O) groups is 4. The molecule has 0 aliphatic heterocycles. The van der Waals surface area contributed by atoms with Crippen molar-refractivity contribution in [3.05, 3.63) is 57.8 Å². The average molecular weight is 520 g/mol. The lowest BCUT2D eigenvalue weighted by atomic mass is 9.57. The summed E-state index contributed by atoms with van der Waals surface area (Å²) in [6.07, 6.45) is 1.24. The molecular weight excluding hydrogens is 500 g/mol. The summed E-state index contributed by atoms with van der Waals surface area (Å²) >= 11 is 12.0. The predicted octanol–water partition coefficient (Wildman–Crippen LogP) is 4.13. The molecule has 4 rings (SSSR count). The smallest absolute Gasteiger partial charge is 0.328 e. The van der Waals surface area contributed by atoms with Crippen molar-refractivity contribution < 1.29 is 28.7 Å². The number of carboxylic acids is 1. The monoisotopic (exact) mass is 519 g/mol. The van der Waals surface area contributed by atoms with E-state index in [1.54, 1.807) is 24.3 Å². The molecule has 0 saturated heterocycles. The number of nitrogens with zero attached hydrogens (tertiary/aromatic N) is 2. The number of ketones is 2. The molecule has 1 aromatic carbocycles. The maximum absolute atomic E-state index is 14.4. The molecule has 2 fully saturated rings. The SMILES string of the molecule is O=C1CCC2(CC1)C(=O)C(F)C2=N[C@@H](Cc1ccc(NC(=O)c2c(Cl)cncc2Cl)cc1)C(=O)O. The van der Waals surface area contributed by atoms with Gasteiger partial charge in [-0.05, 0) is 30.5 Å². The van der Waals surface area contributed by atoms with Gasteiger partial charge in [0, 0.05) is 37.3 Å². The number of hydrogen-bond donors (Lipinski definition) is 2. The lowest BCUT2D eigenvalue weighted by Gasteiger charge is -2.46. The van der Waals surface area contributed by atoms with Crippen LogP contribution in [0.1, 0.15) is 41.6 Å². The molecule has 182 valence electrons. The largest absolute Gasteiger partial charge is 0.480 e. The Morgan fingerprint density at radius 1 is 1.14 bits per heavy atom. The van der Waals surface area contributed by atoms with Gasteiger partial charge < -0.3 is 10.4 Å². The Bertz CT molecular complexity index is 1220. The highest BCUT2D eigenvalue weighted by molar-refractivity contribution is 6.40. The van der Waals surface area contributed by atoms with Gasteiger partial charge in [0.2, 0.25) is 0 Å². The Morgan fingerprint density at radius 3 is 2.31 bits per heavy atom. The first-order valence-electron chi connectivity index (χ1n) is 10.8. The van der Waals surface area contributed by atoms with Crippen LogP contribution in [0.2, 0.25) is 10.0 Å². The summed E-state index contributed by atoms with van der Waals surface area (Å²) in [5.41, 5.74) is -0.167. The predicted molar refractivity (Wildman–Crippen MR) is 127 cm³/mol. The molecule has 2 aliphatic rings. The van der Waals surface area contributed by atoms with Gasteiger partial charge in [0.15, 0.2) is 18.0 Å². The molecule has 1 amide bonds. The Balaban J connectivity index is 1.48. The number of aliphatic carboxylic acids is 1. The Labute approximate surface area is 209 Å². The quantitative estimate of drug-likeness (QED) is 0.590. The highest BCUT2D eigenvalue weighted by Gasteiger charge is 2.61. The molecule has 2 saturated carbocycles. The third-order valence-electron chi connectivity index (χ3n) is 6.39. The van der Waals surface area contributed by atoms with E-state index in [9.17, 15) is 28.7 Å². The molecule has 1 aromatic heterocycles. The van der Waals surface area contributed by atoms with E-state index in [2.05, 4.69) is 15.3 Å². The molecule has 2 N–H and O–H groups in total. The summed E-state index contributed by atoms with van der Waals surface area (Å²) in [5, 5.41) is 12.5. The zero-order valence-electron chi connectivity index (χ0n) is 18.3. The van der Waals surface area contributed by atoms with Gasteiger partial charge >= 0.3 is 5.97 Å². The molecule has 35 heavy (non-hydrogen) atoms. The fraction of sp³-hybridized carbons (Fsp3) is 0.333. The zero-order chi connectivity index (χ0) is 25.3. The first-order valence-corrected chi connectivity index (χ1v) is 11.6. The molecular formula is C24H20Cl2FN3O5. The number of hydrogen-bond acceptors (Lipinski definition) is 6. The van der Waals surface area contributed by atoms with Gasteiger partial charge in [-0.25, -0.2) is 9.18 Å². The second-order valence-corrected chi connectivity index (χ2v) is 9.36. The van der Waals surface area contributed by atoms with Gasteiger partial charge in [0.05, 0.1) is 26.7 Å². The van der Waals surface area contributed by atoms with Crippen molar-refractivity contribution in [2.24, 2.45) is 10.4 Å². The van der Waals surface area contributed by atoms with Gasteiger partial charge in [0.25, 0.3) is 5.91 Å². The van der Waals surface area contributed by atoms with Gasteiger partial charge in [-0.15, -0.1) is 0 Å². The number of carboxylic acid groups (broad SMARTS) is 1. The molecule has 0 radical (unpaired) electrons. The number of rotatable bonds is 6. The molecule has 1 unspecified atom stereocenters. The number of nitrogens with one attached hydrogen (secondary N) is 1. The van der Waals surface area contributed by atoms with Crippen LogP contribution in [-0.4, -0.2) is 51.5 Å². The van der Waals surface area contributed by atoms with Crippen LogP contribution in [0.4, 0.5) is 10.1 Å². The van der Waals surface area contributed by atoms with Gasteiger partial charge in [-0.3, -0.25) is 24.4 Å². The van der Waals surface area contributed by atoms with Crippen LogP contribution in [0.5, 0.6) is 0 Å². The maximum Gasteiger partial charge on any atom is 0.328 e. The number of carbonyl (C=O) groups excluding carboxylic acids is 3. The topological polar surface area (TPSA) is 126 Å². The number of Topliss-reactive ketones (excluding diaryl/α,β-unsaturated/α-hetero) is 2. The van der Waals surface area contributed by atoms with Crippen molar-refractivity contribution >= 4 is 58.0 Å². The second kappa shape index (κ2) is 9.83. The minimum atomic E-state index is -1.94. The van der Waals surface area contributed by atoms with Gasteiger partial charge in [-0.2, -0.15) is 0 Å². The van der Waals surface area contributed by atoms with Crippen LogP contribution in [0, 0.1) is 5.41 Å². The highest BCUT2D eigenvalue weighted by Crippen LogP contribution is 2.47. The fourth-order valence-electron chi connectivity index (χ4n) is 4.43. The Hall–Kier alpha value is -3.17. The van der Waals surface area contributed by atoms with Crippen molar-refractivity contribution in [1.29, 1.82) is 0 Å². The molecule has 1 heterocycles. The van der Waals surface area contributed by atoms with Crippen molar-refractivity contribution in [2.45, 2.75) is 44.3 Å². The van der Waals surface area contributed by atoms with Crippen molar-refractivity contribution in [3.8, 4) is 0 Å². The van der Waals surface area contributed by atoms with E-state index in [0.29, 0.717) is 11.3 Å². The van der Waals surface area contributed by atoms with E-state index in [0.717, 1.165) is 0 Å². The summed E-state index contributed by atoms with van der Waals surface area (Å²) in [5.74, 6) is -2.42. The van der Waals surface area contributed by atoms with Crippen molar-refractivity contribution in [2.75, 3.05) is 5.32 Å². The number of benzene rings is 1. The lowest BCUT2D eigenvalue weighted by molar-refractivity contribution is -0.140. The third-order valence-corrected chi connectivity index (χ3v) is 6.97. The van der Waals surface area contributed by atoms with E-state index >= 15 is 0 Å². The number of anilines is 1. The number of amides is 1. The number of alkyl halides is 1. The van der Waals surface area contributed by atoms with Crippen LogP contribution >= 0.6 is 23.2 Å². The summed E-state index contributed by atoms with van der Waals surface area (Å²) < 4.78 is 14.4. The zero-order valence-corrected chi connectivity index (χ0v) is 19.8. The molecule has 11 heteroatoms. The average Bonchev–Trinajstić information content (AvgIpc) is 2.83. The maximum atomic E-state index is 14.4. The van der Waals surface area contributed by atoms with E-state index in [1.165, 1.54) is 12.4 Å². The molecule has 1 spiro atoms. The van der Waals surface area contributed by atoms with Gasteiger partial charge in [0.1, 0.15) is 5.78 Å². The van der Waals surface area contributed by atoms with Crippen LogP contribution in [0.25, 0.3) is 0 Å². The molecule has 0 bridgehead atoms. The van der Waals surface area contributed by atoms with Crippen molar-refractivity contribution in [3.63, 3.8) is 0 Å². The lowest BCUT2D eigenvalue weighted by Crippen LogP contribution is -2.62. The van der Waals surface area contributed by atoms with Crippen LogP contribution in [0.15, 0.2) is 41.7 Å². The molecule has 2 aliphatic carbocycles. The molecule has 2 atom stereocenters. The van der Waals surface area contributed by atoms with Crippen LogP contribution in [-0.2, 0) is 20.8 Å². The van der Waals surface area contributed by atoms with Crippen LogP contribution in [0.3, 0.4) is 0 Å². The van der Waals surface area contributed by atoms with Crippen LogP contribution < -0.4 is 5.32 Å². The Kier molecular flexibility index (Phi) is 7.00. The van der Waals surface area contributed by atoms with E-state index in [1.807, 2.05) is 0 Å². The number of halogens is 3. The summed E-state index contributed by atoms with van der Waals surface area (Å²) in [6, 6.07) is 5.05. The first kappa shape index (κ1) is 24.9. The summed E-state index contributed by atoms with van der Waals surface area (Å²) in [7, 11) is 0. The number of pyridine rings is 1. The van der Waals surface area contributed by atoms with Gasteiger partial charge in [-0.1, -0.05) is 35.3 Å². The van der Waals surface area contributed by atoms with E-state index < -0.39 is 35.3 Å². The number of aromatic nitrogens is 1. The molecule has 8 nitrogen and oxygen atoms in total. The minimum absolute atomic E-state index is 0.000483. The van der Waals surface area contributed by atoms with E-state index in [-0.39, 0.29) is 59.2 Å². The van der Waals surface area contributed by atoms with Crippen molar-refractivity contribution in [1.82, 2.24) is 4.98 Å². The summed E-state index contributed by atoms with van der Waals surface area (Å²) in [4.78, 5) is 56.2. The standard InChI is InChI=1S/C24H20Cl2FN3O5/c25-15-10-28-11-16(26)18(15)22(33)29-13-3-1-12(2-4-13)9-17(23(34)35)30-20-19(27)21(32)24(20)7-5-14(31)6-8-24/h1-4,10-11,17,19H,5-9H2,(H,29,33)(H,34,35)/t17-,19?/m0/s1. The Morgan fingerprint density at radius 2 is 1.74 bits per heavy atom. The highest BCUT2D eigenvalue weighted by atomic mass is 35.5. The fourth-order valence-corrected chi connectivity index (χ4v) is 4.97.